The quantitative estimate of drug-likeness (QED) is 0.511. The van der Waals surface area contributed by atoms with Gasteiger partial charge in [0.15, 0.2) is 9.84 Å². The van der Waals surface area contributed by atoms with E-state index in [-0.39, 0.29) is 4.90 Å². The molecule has 8 heteroatoms. The van der Waals surface area contributed by atoms with Gasteiger partial charge < -0.3 is 4.98 Å². The lowest BCUT2D eigenvalue weighted by Crippen LogP contribution is -1.98. The van der Waals surface area contributed by atoms with Gasteiger partial charge >= 0.3 is 0 Å². The smallest absolute Gasteiger partial charge is 0.177 e. The van der Waals surface area contributed by atoms with Crippen molar-refractivity contribution in [2.45, 2.75) is 4.90 Å². The molecule has 0 atom stereocenters. The Labute approximate surface area is 160 Å². The van der Waals surface area contributed by atoms with Crippen LogP contribution in [0.3, 0.4) is 0 Å². The van der Waals surface area contributed by atoms with Crippen molar-refractivity contribution in [2.24, 2.45) is 0 Å². The molecule has 0 aliphatic carbocycles. The van der Waals surface area contributed by atoms with Gasteiger partial charge in [0.2, 0.25) is 0 Å². The van der Waals surface area contributed by atoms with E-state index in [0.29, 0.717) is 5.69 Å². The van der Waals surface area contributed by atoms with Crippen molar-refractivity contribution in [3.63, 3.8) is 0 Å². The van der Waals surface area contributed by atoms with E-state index in [1.807, 2.05) is 43.0 Å². The van der Waals surface area contributed by atoms with Crippen LogP contribution in [0.15, 0.2) is 72.3 Å². The maximum atomic E-state index is 11.6. The van der Waals surface area contributed by atoms with Crippen LogP contribution in [-0.4, -0.2) is 39.2 Å². The molecule has 7 nitrogen and oxygen atoms in total. The Morgan fingerprint density at radius 2 is 1.86 bits per heavy atom. The predicted molar refractivity (Wildman–Crippen MR) is 107 cm³/mol. The number of aromatic nitrogens is 5. The van der Waals surface area contributed by atoms with Crippen molar-refractivity contribution >= 4 is 26.4 Å². The lowest BCUT2D eigenvalue weighted by atomic mass is 10.1. The molecule has 0 bridgehead atoms. The summed E-state index contributed by atoms with van der Waals surface area (Å²) in [4.78, 5) is 12.1. The van der Waals surface area contributed by atoms with Crippen molar-refractivity contribution in [2.75, 3.05) is 6.26 Å². The fourth-order valence-electron chi connectivity index (χ4n) is 3.22. The number of pyridine rings is 3. The van der Waals surface area contributed by atoms with Crippen LogP contribution < -0.4 is 0 Å². The molecule has 0 fully saturated rings. The molecule has 5 heterocycles. The molecule has 5 aromatic rings. The van der Waals surface area contributed by atoms with Crippen molar-refractivity contribution in [3.05, 3.63) is 67.4 Å². The van der Waals surface area contributed by atoms with Crippen molar-refractivity contribution < 1.29 is 8.42 Å². The third-order valence-electron chi connectivity index (χ3n) is 4.69. The zero-order valence-corrected chi connectivity index (χ0v) is 15.7. The summed E-state index contributed by atoms with van der Waals surface area (Å²) in [7, 11) is -3.27. The molecule has 5 aromatic heterocycles. The molecule has 0 amide bonds. The summed E-state index contributed by atoms with van der Waals surface area (Å²) in [5, 5.41) is 5.46. The van der Waals surface area contributed by atoms with E-state index in [1.165, 1.54) is 12.5 Å². The second-order valence-electron chi connectivity index (χ2n) is 6.59. The number of rotatable bonds is 3. The fourth-order valence-corrected chi connectivity index (χ4v) is 3.78. The van der Waals surface area contributed by atoms with Crippen LogP contribution in [0, 0.1) is 0 Å². The average Bonchev–Trinajstić information content (AvgIpc) is 3.33. The molecule has 28 heavy (non-hydrogen) atoms. The lowest BCUT2D eigenvalue weighted by molar-refractivity contribution is 0.601. The SMILES string of the molecule is CS(=O)(=O)c1ccc(-c2ccn3ncc(-c4cnc5[nH]ccc5c4)c3c2)nc1. The van der Waals surface area contributed by atoms with Crippen LogP contribution in [-0.2, 0) is 9.84 Å². The number of hydrogen-bond acceptors (Lipinski definition) is 5. The van der Waals surface area contributed by atoms with Crippen LogP contribution in [0.25, 0.3) is 38.9 Å². The molecule has 0 radical (unpaired) electrons. The van der Waals surface area contributed by atoms with Gasteiger partial charge in [-0.1, -0.05) is 0 Å². The largest absolute Gasteiger partial charge is 0.346 e. The molecule has 0 aliphatic rings. The Kier molecular flexibility index (Phi) is 3.56. The number of H-pyrrole nitrogens is 1. The molecule has 0 aromatic carbocycles. The highest BCUT2D eigenvalue weighted by molar-refractivity contribution is 7.90. The van der Waals surface area contributed by atoms with E-state index < -0.39 is 9.84 Å². The highest BCUT2D eigenvalue weighted by Gasteiger charge is 2.12. The van der Waals surface area contributed by atoms with Gasteiger partial charge in [-0.3, -0.25) is 4.98 Å². The van der Waals surface area contributed by atoms with Crippen LogP contribution in [0.2, 0.25) is 0 Å². The van der Waals surface area contributed by atoms with E-state index in [9.17, 15) is 8.42 Å². The van der Waals surface area contributed by atoms with E-state index >= 15 is 0 Å². The summed E-state index contributed by atoms with van der Waals surface area (Å²) in [5.74, 6) is 0. The Balaban J connectivity index is 1.62. The molecule has 0 saturated heterocycles. The van der Waals surface area contributed by atoms with Crippen LogP contribution in [0.5, 0.6) is 0 Å². The third kappa shape index (κ3) is 2.74. The van der Waals surface area contributed by atoms with Crippen LogP contribution in [0.4, 0.5) is 0 Å². The summed E-state index contributed by atoms with van der Waals surface area (Å²) >= 11 is 0. The summed E-state index contributed by atoms with van der Waals surface area (Å²) in [6, 6.07) is 11.2. The van der Waals surface area contributed by atoms with Gasteiger partial charge in [-0.05, 0) is 36.4 Å². The van der Waals surface area contributed by atoms with Crippen LogP contribution in [0.1, 0.15) is 0 Å². The second kappa shape index (κ2) is 6.00. The number of aromatic amines is 1. The molecule has 5 rings (SSSR count). The van der Waals surface area contributed by atoms with Gasteiger partial charge in [-0.15, -0.1) is 0 Å². The molecule has 0 unspecified atom stereocenters. The van der Waals surface area contributed by atoms with Gasteiger partial charge in [-0.25, -0.2) is 17.9 Å². The molecule has 1 N–H and O–H groups in total. The van der Waals surface area contributed by atoms with E-state index in [2.05, 4.69) is 26.1 Å². The Bertz CT molecular complexity index is 1430. The third-order valence-corrected chi connectivity index (χ3v) is 5.79. The van der Waals surface area contributed by atoms with Gasteiger partial charge in [0, 0.05) is 53.1 Å². The first kappa shape index (κ1) is 16.6. The van der Waals surface area contributed by atoms with Crippen molar-refractivity contribution in [1.82, 2.24) is 24.6 Å². The van der Waals surface area contributed by atoms with E-state index in [4.69, 9.17) is 0 Å². The first-order valence-corrected chi connectivity index (χ1v) is 10.5. The number of sulfone groups is 1. The number of nitrogens with one attached hydrogen (secondary N) is 1. The predicted octanol–water partition coefficient (Wildman–Crippen LogP) is 3.34. The summed E-state index contributed by atoms with van der Waals surface area (Å²) < 4.78 is 25.1. The van der Waals surface area contributed by atoms with Crippen LogP contribution >= 0.6 is 0 Å². The Hall–Kier alpha value is -3.52. The van der Waals surface area contributed by atoms with E-state index in [0.717, 1.165) is 33.2 Å². The topological polar surface area (TPSA) is 93.0 Å². The second-order valence-corrected chi connectivity index (χ2v) is 8.61. The zero-order valence-electron chi connectivity index (χ0n) is 14.9. The molecule has 0 spiro atoms. The first-order chi connectivity index (χ1) is 13.5. The molecule has 138 valence electrons. The molecular formula is C20H15N5O2S. The van der Waals surface area contributed by atoms with Gasteiger partial charge in [0.25, 0.3) is 0 Å². The minimum Gasteiger partial charge on any atom is -0.346 e. The summed E-state index contributed by atoms with van der Waals surface area (Å²) in [5.41, 5.74) is 5.27. The minimum atomic E-state index is -3.27. The maximum absolute atomic E-state index is 11.6. The van der Waals surface area contributed by atoms with Crippen molar-refractivity contribution in [3.8, 4) is 22.4 Å². The fraction of sp³-hybridized carbons (Fsp3) is 0.0500. The average molecular weight is 389 g/mol. The first-order valence-electron chi connectivity index (χ1n) is 8.56. The highest BCUT2D eigenvalue weighted by atomic mass is 32.2. The number of fused-ring (bicyclic) bond motifs is 2. The number of nitrogens with zero attached hydrogens (tertiary/aromatic N) is 4. The van der Waals surface area contributed by atoms with Crippen molar-refractivity contribution in [1.29, 1.82) is 0 Å². The summed E-state index contributed by atoms with van der Waals surface area (Å²) in [6.07, 6.45) is 9.92. The lowest BCUT2D eigenvalue weighted by Gasteiger charge is -2.05. The monoisotopic (exact) mass is 389 g/mol. The highest BCUT2D eigenvalue weighted by Crippen LogP contribution is 2.29. The molecule has 0 saturated carbocycles. The Morgan fingerprint density at radius 3 is 2.64 bits per heavy atom. The molecular weight excluding hydrogens is 374 g/mol. The Morgan fingerprint density at radius 1 is 0.964 bits per heavy atom. The molecule has 0 aliphatic heterocycles. The van der Waals surface area contributed by atoms with Gasteiger partial charge in [0.05, 0.1) is 22.3 Å². The van der Waals surface area contributed by atoms with Gasteiger partial charge in [0.1, 0.15) is 5.65 Å². The minimum absolute atomic E-state index is 0.202. The summed E-state index contributed by atoms with van der Waals surface area (Å²) in [6.45, 7) is 0. The normalized spacial score (nSPS) is 12.0. The van der Waals surface area contributed by atoms with Gasteiger partial charge in [-0.2, -0.15) is 5.10 Å². The van der Waals surface area contributed by atoms with E-state index in [1.54, 1.807) is 16.6 Å². The maximum Gasteiger partial charge on any atom is 0.177 e. The zero-order chi connectivity index (χ0) is 19.3. The number of hydrogen-bond donors (Lipinski definition) is 1. The standard InChI is InChI=1S/C20H15N5O2S/c1-28(26,27)16-2-3-18(22-11-16)13-5-7-25-19(9-13)17(12-24-25)15-8-14-4-6-21-20(14)23-10-15/h2-12H,1H3,(H,21,23).